The quantitative estimate of drug-likeness (QED) is 0.793. The van der Waals surface area contributed by atoms with E-state index >= 15 is 0 Å². The van der Waals surface area contributed by atoms with Gasteiger partial charge in [0.15, 0.2) is 11.5 Å². The highest BCUT2D eigenvalue weighted by atomic mass is 16.5. The fourth-order valence-electron chi connectivity index (χ4n) is 1.97. The predicted molar refractivity (Wildman–Crippen MR) is 66.6 cm³/mol. The average Bonchev–Trinajstić information content (AvgIpc) is 2.86. The van der Waals surface area contributed by atoms with Crippen molar-refractivity contribution in [1.82, 2.24) is 5.16 Å². The van der Waals surface area contributed by atoms with Crippen LogP contribution in [0.3, 0.4) is 0 Å². The number of nitrogens with zero attached hydrogens (tertiary/aromatic N) is 1. The van der Waals surface area contributed by atoms with Crippen LogP contribution in [0.15, 0.2) is 34.9 Å². The zero-order valence-electron chi connectivity index (χ0n) is 10.5. The average molecular weight is 259 g/mol. The van der Waals surface area contributed by atoms with Crippen LogP contribution in [0, 0.1) is 0 Å². The fourth-order valence-corrected chi connectivity index (χ4v) is 1.97. The second kappa shape index (κ2) is 4.85. The van der Waals surface area contributed by atoms with Crippen LogP contribution in [0.1, 0.15) is 28.6 Å². The number of carbonyl (C=O) groups is 1. The van der Waals surface area contributed by atoms with Gasteiger partial charge in [0.2, 0.25) is 0 Å². The molecule has 1 fully saturated rings. The first-order valence-electron chi connectivity index (χ1n) is 6.05. The van der Waals surface area contributed by atoms with E-state index in [0.29, 0.717) is 5.76 Å². The van der Waals surface area contributed by atoms with Crippen LogP contribution in [0.4, 0.5) is 0 Å². The lowest BCUT2D eigenvalue weighted by molar-refractivity contribution is -0.0527. The molecule has 1 unspecified atom stereocenters. The second-order valence-electron chi connectivity index (χ2n) is 4.34. The van der Waals surface area contributed by atoms with Gasteiger partial charge in [0.1, 0.15) is 0 Å². The molecular formula is C14H13NO4. The van der Waals surface area contributed by atoms with Crippen LogP contribution in [-0.4, -0.2) is 24.8 Å². The Hall–Kier alpha value is -2.14. The minimum Gasteiger partial charge on any atom is -0.464 e. The van der Waals surface area contributed by atoms with E-state index in [1.54, 1.807) is 6.07 Å². The van der Waals surface area contributed by atoms with Gasteiger partial charge in [0, 0.05) is 18.1 Å². The van der Waals surface area contributed by atoms with Crippen LogP contribution in [0.2, 0.25) is 0 Å². The largest absolute Gasteiger partial charge is 0.464 e. The monoisotopic (exact) mass is 259 g/mol. The molecule has 0 amide bonds. The number of methoxy groups -OCH3 is 1. The second-order valence-corrected chi connectivity index (χ2v) is 4.34. The van der Waals surface area contributed by atoms with Gasteiger partial charge in [-0.05, 0) is 5.56 Å². The summed E-state index contributed by atoms with van der Waals surface area (Å²) in [5, 5.41) is 3.67. The summed E-state index contributed by atoms with van der Waals surface area (Å²) in [5.41, 5.74) is 2.19. The Kier molecular flexibility index (Phi) is 3.05. The smallest absolute Gasteiger partial charge is 0.360 e. The van der Waals surface area contributed by atoms with Gasteiger partial charge in [0.25, 0.3) is 0 Å². The molecule has 1 aromatic heterocycles. The minimum atomic E-state index is -0.505. The van der Waals surface area contributed by atoms with Crippen molar-refractivity contribution in [2.24, 2.45) is 0 Å². The van der Waals surface area contributed by atoms with Crippen LogP contribution in [-0.2, 0) is 9.47 Å². The summed E-state index contributed by atoms with van der Waals surface area (Å²) in [6, 6.07) is 9.43. The van der Waals surface area contributed by atoms with E-state index < -0.39 is 5.97 Å². The number of hydrogen-bond donors (Lipinski definition) is 0. The minimum absolute atomic E-state index is 0.170. The molecular weight excluding hydrogens is 246 g/mol. The highest BCUT2D eigenvalue weighted by molar-refractivity contribution is 5.88. The van der Waals surface area contributed by atoms with Crippen molar-refractivity contribution in [1.29, 1.82) is 0 Å². The number of ether oxygens (including phenoxy) is 2. The Morgan fingerprint density at radius 1 is 1.37 bits per heavy atom. The molecule has 0 spiro atoms. The molecule has 3 rings (SSSR count). The lowest BCUT2D eigenvalue weighted by Crippen LogP contribution is -2.17. The molecule has 0 N–H and O–H groups in total. The first kappa shape index (κ1) is 11.9. The SMILES string of the molecule is COC(=O)c1cc(-c2ccc(C3CCO3)cc2)on1. The molecule has 0 aliphatic carbocycles. The van der Waals surface area contributed by atoms with E-state index in [4.69, 9.17) is 9.26 Å². The molecule has 1 aliphatic heterocycles. The first-order chi connectivity index (χ1) is 9.28. The third-order valence-electron chi connectivity index (χ3n) is 3.17. The third kappa shape index (κ3) is 2.24. The van der Waals surface area contributed by atoms with Crippen molar-refractivity contribution < 1.29 is 18.8 Å². The maximum Gasteiger partial charge on any atom is 0.360 e. The lowest BCUT2D eigenvalue weighted by Gasteiger charge is -2.26. The van der Waals surface area contributed by atoms with Crippen molar-refractivity contribution in [3.8, 4) is 11.3 Å². The Morgan fingerprint density at radius 3 is 2.68 bits per heavy atom. The summed E-state index contributed by atoms with van der Waals surface area (Å²) in [4.78, 5) is 11.3. The zero-order valence-corrected chi connectivity index (χ0v) is 10.5. The fraction of sp³-hybridized carbons (Fsp3) is 0.286. The third-order valence-corrected chi connectivity index (χ3v) is 3.17. The summed E-state index contributed by atoms with van der Waals surface area (Å²) in [7, 11) is 1.31. The van der Waals surface area contributed by atoms with Crippen LogP contribution in [0.5, 0.6) is 0 Å². The summed E-state index contributed by atoms with van der Waals surface area (Å²) < 4.78 is 15.1. The molecule has 1 aliphatic rings. The number of esters is 1. The molecule has 1 aromatic carbocycles. The summed E-state index contributed by atoms with van der Waals surface area (Å²) in [6.45, 7) is 0.830. The van der Waals surface area contributed by atoms with Crippen molar-refractivity contribution in [3.05, 3.63) is 41.6 Å². The number of hydrogen-bond acceptors (Lipinski definition) is 5. The number of benzene rings is 1. The number of aromatic nitrogens is 1. The van der Waals surface area contributed by atoms with Crippen LogP contribution < -0.4 is 0 Å². The number of carbonyl (C=O) groups excluding carboxylic acids is 1. The standard InChI is InChI=1S/C14H13NO4/c1-17-14(16)11-8-13(19-15-11)10-4-2-9(3-5-10)12-6-7-18-12/h2-5,8,12H,6-7H2,1H3. The molecule has 5 nitrogen and oxygen atoms in total. The van der Waals surface area contributed by atoms with Crippen LogP contribution in [0.25, 0.3) is 11.3 Å². The lowest BCUT2D eigenvalue weighted by atomic mass is 10.0. The van der Waals surface area contributed by atoms with Gasteiger partial charge in [-0.25, -0.2) is 4.79 Å². The van der Waals surface area contributed by atoms with Gasteiger partial charge in [-0.2, -0.15) is 0 Å². The normalized spacial score (nSPS) is 17.8. The van der Waals surface area contributed by atoms with E-state index in [9.17, 15) is 4.79 Å². The maximum absolute atomic E-state index is 11.3. The van der Waals surface area contributed by atoms with E-state index in [1.807, 2.05) is 24.3 Å². The highest BCUT2D eigenvalue weighted by Gasteiger charge is 2.20. The maximum atomic E-state index is 11.3. The van der Waals surface area contributed by atoms with Gasteiger partial charge in [-0.15, -0.1) is 0 Å². The van der Waals surface area contributed by atoms with Crippen molar-refractivity contribution in [2.45, 2.75) is 12.5 Å². The van der Waals surface area contributed by atoms with Gasteiger partial charge in [-0.3, -0.25) is 0 Å². The van der Waals surface area contributed by atoms with E-state index in [1.165, 1.54) is 7.11 Å². The molecule has 0 bridgehead atoms. The zero-order chi connectivity index (χ0) is 13.2. The molecule has 1 saturated heterocycles. The summed E-state index contributed by atoms with van der Waals surface area (Å²) in [6.07, 6.45) is 1.28. The predicted octanol–water partition coefficient (Wildman–Crippen LogP) is 2.59. The molecule has 0 saturated carbocycles. The van der Waals surface area contributed by atoms with E-state index in [-0.39, 0.29) is 11.8 Å². The van der Waals surface area contributed by atoms with Crippen molar-refractivity contribution >= 4 is 5.97 Å². The van der Waals surface area contributed by atoms with Crippen molar-refractivity contribution in [2.75, 3.05) is 13.7 Å². The molecule has 2 aromatic rings. The first-order valence-corrected chi connectivity index (χ1v) is 6.05. The Labute approximate surface area is 110 Å². The molecule has 98 valence electrons. The van der Waals surface area contributed by atoms with Gasteiger partial charge in [-0.1, -0.05) is 29.4 Å². The molecule has 5 heteroatoms. The molecule has 19 heavy (non-hydrogen) atoms. The Morgan fingerprint density at radius 2 is 2.11 bits per heavy atom. The molecule has 2 heterocycles. The van der Waals surface area contributed by atoms with Gasteiger partial charge in [0.05, 0.1) is 19.8 Å². The summed E-state index contributed by atoms with van der Waals surface area (Å²) in [5.74, 6) is 0.0379. The van der Waals surface area contributed by atoms with Crippen LogP contribution >= 0.6 is 0 Å². The summed E-state index contributed by atoms with van der Waals surface area (Å²) >= 11 is 0. The van der Waals surface area contributed by atoms with Gasteiger partial charge < -0.3 is 14.0 Å². The Balaban J connectivity index is 1.81. The number of rotatable bonds is 3. The topological polar surface area (TPSA) is 61.6 Å². The molecule has 1 atom stereocenters. The van der Waals surface area contributed by atoms with Crippen molar-refractivity contribution in [3.63, 3.8) is 0 Å². The molecule has 0 radical (unpaired) electrons. The van der Waals surface area contributed by atoms with Gasteiger partial charge >= 0.3 is 5.97 Å². The van der Waals surface area contributed by atoms with E-state index in [2.05, 4.69) is 9.89 Å². The van der Waals surface area contributed by atoms with E-state index in [0.717, 1.165) is 24.2 Å². The Bertz CT molecular complexity index is 584. The highest BCUT2D eigenvalue weighted by Crippen LogP contribution is 2.30.